The summed E-state index contributed by atoms with van der Waals surface area (Å²) in [5, 5.41) is 8.64. The van der Waals surface area contributed by atoms with Crippen LogP contribution in [0.3, 0.4) is 0 Å². The summed E-state index contributed by atoms with van der Waals surface area (Å²) in [7, 11) is 0. The topological polar surface area (TPSA) is 33.0 Å². The number of halogens is 1. The van der Waals surface area contributed by atoms with Crippen molar-refractivity contribution in [3.8, 4) is 11.8 Å². The lowest BCUT2D eigenvalue weighted by atomic mass is 10.00. The molecular weight excluding hydrogens is 289 g/mol. The van der Waals surface area contributed by atoms with Gasteiger partial charge in [0.25, 0.3) is 0 Å². The quantitative estimate of drug-likeness (QED) is 0.545. The first kappa shape index (κ1) is 9.53. The van der Waals surface area contributed by atoms with Crippen molar-refractivity contribution in [2.75, 3.05) is 6.61 Å². The van der Waals surface area contributed by atoms with Gasteiger partial charge in [-0.15, -0.1) is 0 Å². The third-order valence-corrected chi connectivity index (χ3v) is 2.83. The van der Waals surface area contributed by atoms with E-state index in [2.05, 4.69) is 34.7 Å². The molecule has 70 valence electrons. The number of hydrogen-bond donors (Lipinski definition) is 0. The summed E-state index contributed by atoms with van der Waals surface area (Å²) in [6, 6.07) is 8.10. The fourth-order valence-electron chi connectivity index (χ4n) is 1.51. The van der Waals surface area contributed by atoms with Gasteiger partial charge in [-0.25, -0.2) is 0 Å². The number of allylic oxidation sites excluding steroid dienone is 1. The van der Waals surface area contributed by atoms with Gasteiger partial charge in [-0.3, -0.25) is 0 Å². The summed E-state index contributed by atoms with van der Waals surface area (Å²) in [6.45, 7) is 0.668. The minimum atomic E-state index is 0.668. The van der Waals surface area contributed by atoms with Gasteiger partial charge in [-0.05, 0) is 46.4 Å². The van der Waals surface area contributed by atoms with E-state index in [1.165, 1.54) is 0 Å². The van der Waals surface area contributed by atoms with Crippen LogP contribution in [-0.4, -0.2) is 6.61 Å². The zero-order chi connectivity index (χ0) is 9.97. The molecule has 0 atom stereocenters. The van der Waals surface area contributed by atoms with Crippen molar-refractivity contribution in [3.05, 3.63) is 33.4 Å². The Balaban J connectivity index is 2.53. The van der Waals surface area contributed by atoms with E-state index >= 15 is 0 Å². The molecule has 14 heavy (non-hydrogen) atoms. The number of benzene rings is 1. The second-order valence-electron chi connectivity index (χ2n) is 3.04. The van der Waals surface area contributed by atoms with Crippen molar-refractivity contribution < 1.29 is 4.74 Å². The predicted molar refractivity (Wildman–Crippen MR) is 62.9 cm³/mol. The highest BCUT2D eigenvalue weighted by atomic mass is 127. The van der Waals surface area contributed by atoms with Crippen molar-refractivity contribution in [1.29, 1.82) is 5.26 Å². The Hall–Kier alpha value is -1.02. The van der Waals surface area contributed by atoms with E-state index in [4.69, 9.17) is 10.00 Å². The highest BCUT2D eigenvalue weighted by Crippen LogP contribution is 2.33. The minimum Gasteiger partial charge on any atom is -0.493 e. The first-order valence-corrected chi connectivity index (χ1v) is 5.40. The maximum atomic E-state index is 8.64. The lowest BCUT2D eigenvalue weighted by Gasteiger charge is -2.19. The Labute approximate surface area is 96.3 Å². The molecule has 1 heterocycles. The summed E-state index contributed by atoms with van der Waals surface area (Å²) in [5.74, 6) is 0.887. The molecule has 3 heteroatoms. The van der Waals surface area contributed by atoms with Crippen molar-refractivity contribution >= 4 is 28.2 Å². The third kappa shape index (κ3) is 1.75. The highest BCUT2D eigenvalue weighted by Gasteiger charge is 2.14. The van der Waals surface area contributed by atoms with Crippen LogP contribution in [0.4, 0.5) is 0 Å². The Kier molecular flexibility index (Phi) is 2.73. The van der Waals surface area contributed by atoms with Crippen LogP contribution in [0, 0.1) is 14.9 Å². The maximum Gasteiger partial charge on any atom is 0.126 e. The van der Waals surface area contributed by atoms with Gasteiger partial charge in [0.05, 0.1) is 12.7 Å². The molecular formula is C11H8INO. The molecule has 0 bridgehead atoms. The number of ether oxygens (including phenoxy) is 1. The molecule has 0 amide bonds. The van der Waals surface area contributed by atoms with E-state index in [9.17, 15) is 0 Å². The first-order chi connectivity index (χ1) is 6.81. The monoisotopic (exact) mass is 297 g/mol. The second kappa shape index (κ2) is 4.01. The van der Waals surface area contributed by atoms with Crippen molar-refractivity contribution in [1.82, 2.24) is 0 Å². The minimum absolute atomic E-state index is 0.668. The highest BCUT2D eigenvalue weighted by molar-refractivity contribution is 14.1. The number of nitriles is 1. The molecule has 2 rings (SSSR count). The molecule has 0 fully saturated rings. The zero-order valence-corrected chi connectivity index (χ0v) is 9.61. The van der Waals surface area contributed by atoms with Gasteiger partial charge in [0.2, 0.25) is 0 Å². The summed E-state index contributed by atoms with van der Waals surface area (Å²) in [6.07, 6.45) is 2.43. The lowest BCUT2D eigenvalue weighted by Crippen LogP contribution is -2.07. The molecule has 0 saturated heterocycles. The standard InChI is InChI=1S/C11H8INO/c12-9-1-2-11-10(7-9)8(3-5-13)4-6-14-11/h1-3,7H,4,6H2/b8-3-. The summed E-state index contributed by atoms with van der Waals surface area (Å²) in [4.78, 5) is 0. The second-order valence-corrected chi connectivity index (χ2v) is 4.28. The Bertz CT molecular complexity index is 431. The molecule has 2 nitrogen and oxygen atoms in total. The molecule has 1 aliphatic heterocycles. The van der Waals surface area contributed by atoms with Crippen molar-refractivity contribution in [3.63, 3.8) is 0 Å². The van der Waals surface area contributed by atoms with Crippen LogP contribution in [0.2, 0.25) is 0 Å². The van der Waals surface area contributed by atoms with E-state index in [0.29, 0.717) is 6.61 Å². The number of fused-ring (bicyclic) bond motifs is 1. The van der Waals surface area contributed by atoms with Crippen LogP contribution >= 0.6 is 22.6 Å². The van der Waals surface area contributed by atoms with Gasteiger partial charge in [-0.1, -0.05) is 0 Å². The first-order valence-electron chi connectivity index (χ1n) is 4.32. The van der Waals surface area contributed by atoms with Crippen molar-refractivity contribution in [2.24, 2.45) is 0 Å². The third-order valence-electron chi connectivity index (χ3n) is 2.16. The summed E-state index contributed by atoms with van der Waals surface area (Å²) in [5.41, 5.74) is 2.14. The molecule has 1 aromatic carbocycles. The van der Waals surface area contributed by atoms with E-state index in [1.54, 1.807) is 6.08 Å². The Morgan fingerprint density at radius 2 is 2.36 bits per heavy atom. The molecule has 0 saturated carbocycles. The Morgan fingerprint density at radius 3 is 3.14 bits per heavy atom. The molecule has 0 radical (unpaired) electrons. The lowest BCUT2D eigenvalue weighted by molar-refractivity contribution is 0.316. The number of rotatable bonds is 0. The Morgan fingerprint density at radius 1 is 1.50 bits per heavy atom. The van der Waals surface area contributed by atoms with Crippen LogP contribution in [-0.2, 0) is 0 Å². The number of nitrogens with zero attached hydrogens (tertiary/aromatic N) is 1. The molecule has 0 aliphatic carbocycles. The van der Waals surface area contributed by atoms with Gasteiger partial charge in [0.1, 0.15) is 5.75 Å². The molecule has 0 spiro atoms. The molecule has 1 aliphatic rings. The molecule has 0 aromatic heterocycles. The van der Waals surface area contributed by atoms with Gasteiger partial charge >= 0.3 is 0 Å². The maximum absolute atomic E-state index is 8.64. The van der Waals surface area contributed by atoms with Gasteiger partial charge in [0, 0.05) is 21.6 Å². The fourth-order valence-corrected chi connectivity index (χ4v) is 2.00. The summed E-state index contributed by atoms with van der Waals surface area (Å²) < 4.78 is 6.66. The van der Waals surface area contributed by atoms with Gasteiger partial charge < -0.3 is 4.74 Å². The molecule has 0 N–H and O–H groups in total. The van der Waals surface area contributed by atoms with Crippen LogP contribution in [0.25, 0.3) is 5.57 Å². The van der Waals surface area contributed by atoms with Gasteiger partial charge in [-0.2, -0.15) is 5.26 Å². The fraction of sp³-hybridized carbons (Fsp3) is 0.182. The largest absolute Gasteiger partial charge is 0.493 e. The van der Waals surface area contributed by atoms with Crippen LogP contribution in [0.15, 0.2) is 24.3 Å². The van der Waals surface area contributed by atoms with E-state index in [1.807, 2.05) is 12.1 Å². The van der Waals surface area contributed by atoms with Crippen molar-refractivity contribution in [2.45, 2.75) is 6.42 Å². The normalized spacial score (nSPS) is 17.0. The van der Waals surface area contributed by atoms with Gasteiger partial charge in [0.15, 0.2) is 0 Å². The van der Waals surface area contributed by atoms with E-state index in [0.717, 1.165) is 26.9 Å². The summed E-state index contributed by atoms with van der Waals surface area (Å²) >= 11 is 2.26. The SMILES string of the molecule is N#C/C=C1/CCOc2ccc(I)cc21. The molecule has 1 aromatic rings. The average Bonchev–Trinajstić information content (AvgIpc) is 2.19. The van der Waals surface area contributed by atoms with E-state index < -0.39 is 0 Å². The van der Waals surface area contributed by atoms with Crippen LogP contribution in [0.5, 0.6) is 5.75 Å². The van der Waals surface area contributed by atoms with E-state index in [-0.39, 0.29) is 0 Å². The van der Waals surface area contributed by atoms with Crippen LogP contribution in [0.1, 0.15) is 12.0 Å². The average molecular weight is 297 g/mol. The smallest absolute Gasteiger partial charge is 0.126 e. The zero-order valence-electron chi connectivity index (χ0n) is 7.46. The predicted octanol–water partition coefficient (Wildman–Crippen LogP) is 2.98. The number of hydrogen-bond acceptors (Lipinski definition) is 2. The van der Waals surface area contributed by atoms with Crippen LogP contribution < -0.4 is 4.74 Å². The molecule has 0 unspecified atom stereocenters.